The molecule has 0 aliphatic rings. The molecule has 0 saturated heterocycles. The van der Waals surface area contributed by atoms with E-state index in [-0.39, 0.29) is 6.04 Å². The lowest BCUT2D eigenvalue weighted by Crippen LogP contribution is -2.29. The fourth-order valence-electron chi connectivity index (χ4n) is 2.07. The zero-order valence-electron chi connectivity index (χ0n) is 11.3. The number of rotatable bonds is 5. The van der Waals surface area contributed by atoms with Gasteiger partial charge in [0.15, 0.2) is 0 Å². The highest BCUT2D eigenvalue weighted by atomic mass is 32.1. The minimum absolute atomic E-state index is 0.147. The maximum atomic E-state index is 4.52. The molecule has 1 N–H and O–H groups in total. The monoisotopic (exact) mass is 264 g/mol. The molecule has 18 heavy (non-hydrogen) atoms. The normalized spacial score (nSPS) is 13.2. The third kappa shape index (κ3) is 2.79. The summed E-state index contributed by atoms with van der Waals surface area (Å²) in [5.41, 5.74) is 2.38. The van der Waals surface area contributed by atoms with Crippen LogP contribution in [0.3, 0.4) is 0 Å². The SMILES string of the molecule is CCc1nn(C)cc1C(NC(C)C)c1nccs1. The van der Waals surface area contributed by atoms with Crippen LogP contribution < -0.4 is 5.32 Å². The molecular weight excluding hydrogens is 244 g/mol. The van der Waals surface area contributed by atoms with E-state index < -0.39 is 0 Å². The zero-order chi connectivity index (χ0) is 13.1. The minimum atomic E-state index is 0.147. The summed E-state index contributed by atoms with van der Waals surface area (Å²) in [6, 6.07) is 0.553. The Hall–Kier alpha value is -1.20. The van der Waals surface area contributed by atoms with Gasteiger partial charge in [-0.3, -0.25) is 4.68 Å². The third-order valence-electron chi connectivity index (χ3n) is 2.78. The first-order valence-electron chi connectivity index (χ1n) is 6.29. The molecule has 0 aliphatic heterocycles. The van der Waals surface area contributed by atoms with Gasteiger partial charge in [-0.25, -0.2) is 4.98 Å². The summed E-state index contributed by atoms with van der Waals surface area (Å²) in [5.74, 6) is 0. The number of thiazole rings is 1. The molecule has 0 aromatic carbocycles. The number of aryl methyl sites for hydroxylation is 2. The van der Waals surface area contributed by atoms with E-state index in [0.29, 0.717) is 6.04 Å². The van der Waals surface area contributed by atoms with E-state index in [4.69, 9.17) is 0 Å². The van der Waals surface area contributed by atoms with Crippen molar-refractivity contribution < 1.29 is 0 Å². The van der Waals surface area contributed by atoms with Crippen LogP contribution in [0.5, 0.6) is 0 Å². The van der Waals surface area contributed by atoms with Crippen molar-refractivity contribution in [2.75, 3.05) is 0 Å². The highest BCUT2D eigenvalue weighted by molar-refractivity contribution is 7.09. The van der Waals surface area contributed by atoms with E-state index in [0.717, 1.165) is 17.1 Å². The average Bonchev–Trinajstić information content (AvgIpc) is 2.94. The Morgan fingerprint density at radius 2 is 2.22 bits per heavy atom. The molecular formula is C13H20N4S. The van der Waals surface area contributed by atoms with Crippen molar-refractivity contribution in [3.05, 3.63) is 34.0 Å². The molecule has 0 aliphatic carbocycles. The van der Waals surface area contributed by atoms with Gasteiger partial charge in [0.25, 0.3) is 0 Å². The second-order valence-electron chi connectivity index (χ2n) is 4.68. The lowest BCUT2D eigenvalue weighted by molar-refractivity contribution is 0.524. The Morgan fingerprint density at radius 3 is 2.78 bits per heavy atom. The van der Waals surface area contributed by atoms with Crippen molar-refractivity contribution in [1.29, 1.82) is 0 Å². The topological polar surface area (TPSA) is 42.7 Å². The van der Waals surface area contributed by atoms with Crippen molar-refractivity contribution in [3.63, 3.8) is 0 Å². The van der Waals surface area contributed by atoms with Gasteiger partial charge >= 0.3 is 0 Å². The van der Waals surface area contributed by atoms with E-state index >= 15 is 0 Å². The number of hydrogen-bond donors (Lipinski definition) is 1. The summed E-state index contributed by atoms with van der Waals surface area (Å²) in [4.78, 5) is 4.45. The van der Waals surface area contributed by atoms with E-state index in [1.165, 1.54) is 5.56 Å². The predicted molar refractivity (Wildman–Crippen MR) is 74.8 cm³/mol. The standard InChI is InChI=1S/C13H20N4S/c1-5-11-10(8-17(4)16-11)12(15-9(2)3)13-14-6-7-18-13/h6-9,12,15H,5H2,1-4H3. The summed E-state index contributed by atoms with van der Waals surface area (Å²) < 4.78 is 1.89. The van der Waals surface area contributed by atoms with Crippen LogP contribution in [0.1, 0.15) is 43.1 Å². The minimum Gasteiger partial charge on any atom is -0.302 e. The van der Waals surface area contributed by atoms with E-state index in [2.05, 4.69) is 42.4 Å². The Labute approximate surface area is 112 Å². The van der Waals surface area contributed by atoms with Crippen molar-refractivity contribution in [1.82, 2.24) is 20.1 Å². The van der Waals surface area contributed by atoms with Crippen LogP contribution in [0.4, 0.5) is 0 Å². The van der Waals surface area contributed by atoms with E-state index in [9.17, 15) is 0 Å². The van der Waals surface area contributed by atoms with Crippen molar-refractivity contribution >= 4 is 11.3 Å². The van der Waals surface area contributed by atoms with Gasteiger partial charge in [-0.15, -0.1) is 11.3 Å². The third-order valence-corrected chi connectivity index (χ3v) is 3.62. The summed E-state index contributed by atoms with van der Waals surface area (Å²) in [6.45, 7) is 6.45. The highest BCUT2D eigenvalue weighted by Crippen LogP contribution is 2.26. The fourth-order valence-corrected chi connectivity index (χ4v) is 2.79. The molecule has 1 atom stereocenters. The van der Waals surface area contributed by atoms with Crippen LogP contribution in [0.15, 0.2) is 17.8 Å². The maximum Gasteiger partial charge on any atom is 0.114 e. The number of aromatic nitrogens is 3. The van der Waals surface area contributed by atoms with Gasteiger partial charge in [-0.1, -0.05) is 6.92 Å². The van der Waals surface area contributed by atoms with Crippen LogP contribution in [0.25, 0.3) is 0 Å². The molecule has 1 unspecified atom stereocenters. The van der Waals surface area contributed by atoms with Crippen molar-refractivity contribution in [2.24, 2.45) is 7.05 Å². The molecule has 2 rings (SSSR count). The molecule has 5 heteroatoms. The van der Waals surface area contributed by atoms with E-state index in [1.54, 1.807) is 11.3 Å². The van der Waals surface area contributed by atoms with Gasteiger partial charge in [0.2, 0.25) is 0 Å². The lowest BCUT2D eigenvalue weighted by atomic mass is 10.1. The van der Waals surface area contributed by atoms with Crippen molar-refractivity contribution in [3.8, 4) is 0 Å². The molecule has 0 radical (unpaired) electrons. The Kier molecular flexibility index (Phi) is 4.14. The van der Waals surface area contributed by atoms with Crippen molar-refractivity contribution in [2.45, 2.75) is 39.3 Å². The molecule has 0 amide bonds. The number of nitrogens with one attached hydrogen (secondary N) is 1. The molecule has 2 aromatic heterocycles. The largest absolute Gasteiger partial charge is 0.302 e. The summed E-state index contributed by atoms with van der Waals surface area (Å²) in [5, 5.41) is 11.2. The van der Waals surface area contributed by atoms with Gasteiger partial charge in [-0.2, -0.15) is 5.10 Å². The van der Waals surface area contributed by atoms with Gasteiger partial charge < -0.3 is 5.32 Å². The Morgan fingerprint density at radius 1 is 1.44 bits per heavy atom. The van der Waals surface area contributed by atoms with Crippen LogP contribution in [-0.2, 0) is 13.5 Å². The van der Waals surface area contributed by atoms with E-state index in [1.807, 2.05) is 23.3 Å². The molecule has 0 fully saturated rings. The second kappa shape index (κ2) is 5.63. The zero-order valence-corrected chi connectivity index (χ0v) is 12.2. The highest BCUT2D eigenvalue weighted by Gasteiger charge is 2.22. The van der Waals surface area contributed by atoms with Gasteiger partial charge in [0.1, 0.15) is 5.01 Å². The average molecular weight is 264 g/mol. The quantitative estimate of drug-likeness (QED) is 0.902. The number of nitrogens with zero attached hydrogens (tertiary/aromatic N) is 3. The number of hydrogen-bond acceptors (Lipinski definition) is 4. The molecule has 2 aromatic rings. The first-order chi connectivity index (χ1) is 8.61. The van der Waals surface area contributed by atoms with Crippen LogP contribution in [-0.4, -0.2) is 20.8 Å². The van der Waals surface area contributed by atoms with Gasteiger partial charge in [-0.05, 0) is 20.3 Å². The van der Waals surface area contributed by atoms with Crippen LogP contribution in [0, 0.1) is 0 Å². The summed E-state index contributed by atoms with van der Waals surface area (Å²) in [6.07, 6.45) is 4.90. The Bertz CT molecular complexity index is 487. The summed E-state index contributed by atoms with van der Waals surface area (Å²) >= 11 is 1.69. The van der Waals surface area contributed by atoms with Crippen LogP contribution >= 0.6 is 11.3 Å². The Balaban J connectivity index is 2.39. The molecule has 98 valence electrons. The smallest absolute Gasteiger partial charge is 0.114 e. The van der Waals surface area contributed by atoms with Crippen LogP contribution in [0.2, 0.25) is 0 Å². The second-order valence-corrected chi connectivity index (χ2v) is 5.61. The predicted octanol–water partition coefficient (Wildman–Crippen LogP) is 2.53. The maximum absolute atomic E-state index is 4.52. The molecule has 2 heterocycles. The molecule has 0 spiro atoms. The summed E-state index contributed by atoms with van der Waals surface area (Å²) in [7, 11) is 1.97. The first-order valence-corrected chi connectivity index (χ1v) is 7.17. The molecule has 0 saturated carbocycles. The fraction of sp³-hybridized carbons (Fsp3) is 0.538. The molecule has 4 nitrogen and oxygen atoms in total. The van der Waals surface area contributed by atoms with Gasteiger partial charge in [0.05, 0.1) is 11.7 Å². The molecule has 0 bridgehead atoms. The lowest BCUT2D eigenvalue weighted by Gasteiger charge is -2.19. The first kappa shape index (κ1) is 13.2. The van der Waals surface area contributed by atoms with Gasteiger partial charge in [0, 0.05) is 36.4 Å².